The molecular formula is C15H14ClFN2OS. The van der Waals surface area contributed by atoms with Crippen LogP contribution in [0.2, 0.25) is 0 Å². The highest BCUT2D eigenvalue weighted by Gasteiger charge is 2.15. The lowest BCUT2D eigenvalue weighted by Gasteiger charge is -2.08. The van der Waals surface area contributed by atoms with Crippen LogP contribution in [0.15, 0.2) is 22.9 Å². The lowest BCUT2D eigenvalue weighted by molar-refractivity contribution is 0.387. The van der Waals surface area contributed by atoms with E-state index in [0.29, 0.717) is 12.1 Å². The van der Waals surface area contributed by atoms with Gasteiger partial charge in [-0.05, 0) is 28.8 Å². The number of methoxy groups -OCH3 is 1. The standard InChI is InChI=1S/C15H14ClFN2OS/c1-9-7-21-8-10(9)6-19-13-4-14(20-2)11(17)3-12(13)18-15(19)5-16/h3-4,7-8H,5-6H2,1-2H3. The van der Waals surface area contributed by atoms with E-state index in [4.69, 9.17) is 16.3 Å². The molecule has 3 aromatic rings. The van der Waals surface area contributed by atoms with Gasteiger partial charge < -0.3 is 9.30 Å². The Labute approximate surface area is 130 Å². The number of benzene rings is 1. The molecular weight excluding hydrogens is 311 g/mol. The monoisotopic (exact) mass is 324 g/mol. The zero-order valence-corrected chi connectivity index (χ0v) is 13.3. The zero-order valence-electron chi connectivity index (χ0n) is 11.7. The third-order valence-corrected chi connectivity index (χ3v) is 4.66. The van der Waals surface area contributed by atoms with E-state index >= 15 is 0 Å². The third-order valence-electron chi connectivity index (χ3n) is 3.51. The van der Waals surface area contributed by atoms with Crippen molar-refractivity contribution in [1.29, 1.82) is 0 Å². The molecule has 3 nitrogen and oxygen atoms in total. The average Bonchev–Trinajstić information content (AvgIpc) is 3.02. The van der Waals surface area contributed by atoms with E-state index in [1.165, 1.54) is 24.3 Å². The van der Waals surface area contributed by atoms with Gasteiger partial charge in [-0.3, -0.25) is 0 Å². The molecule has 0 atom stereocenters. The third kappa shape index (κ3) is 2.51. The molecule has 0 unspecified atom stereocenters. The number of hydrogen-bond acceptors (Lipinski definition) is 3. The number of imidazole rings is 1. The first kappa shape index (κ1) is 14.4. The van der Waals surface area contributed by atoms with Gasteiger partial charge in [-0.25, -0.2) is 9.37 Å². The molecule has 2 heterocycles. The molecule has 0 bridgehead atoms. The van der Waals surface area contributed by atoms with E-state index in [-0.39, 0.29) is 11.6 Å². The van der Waals surface area contributed by atoms with E-state index in [1.807, 2.05) is 4.57 Å². The van der Waals surface area contributed by atoms with Crippen molar-refractivity contribution in [1.82, 2.24) is 9.55 Å². The Morgan fingerprint density at radius 1 is 1.38 bits per heavy atom. The Morgan fingerprint density at radius 3 is 2.81 bits per heavy atom. The van der Waals surface area contributed by atoms with Crippen molar-refractivity contribution in [3.05, 3.63) is 45.7 Å². The topological polar surface area (TPSA) is 27.1 Å². The summed E-state index contributed by atoms with van der Waals surface area (Å²) in [6, 6.07) is 3.07. The predicted molar refractivity (Wildman–Crippen MR) is 84.0 cm³/mol. The van der Waals surface area contributed by atoms with Gasteiger partial charge in [0.2, 0.25) is 0 Å². The molecule has 6 heteroatoms. The maximum atomic E-state index is 13.8. The predicted octanol–water partition coefficient (Wildman–Crippen LogP) is 4.34. The number of aryl methyl sites for hydroxylation is 1. The molecule has 0 saturated carbocycles. The Balaban J connectivity index is 2.17. The van der Waals surface area contributed by atoms with Gasteiger partial charge in [0.15, 0.2) is 11.6 Å². The molecule has 0 aliphatic heterocycles. The van der Waals surface area contributed by atoms with Crippen molar-refractivity contribution in [3.8, 4) is 5.75 Å². The van der Waals surface area contributed by atoms with Crippen LogP contribution in [0.4, 0.5) is 4.39 Å². The summed E-state index contributed by atoms with van der Waals surface area (Å²) in [5, 5.41) is 4.22. The Kier molecular flexibility index (Phi) is 3.87. The molecule has 0 radical (unpaired) electrons. The van der Waals surface area contributed by atoms with E-state index in [9.17, 15) is 4.39 Å². The minimum atomic E-state index is -0.414. The van der Waals surface area contributed by atoms with Crippen LogP contribution in [-0.4, -0.2) is 16.7 Å². The summed E-state index contributed by atoms with van der Waals surface area (Å²) in [6.45, 7) is 2.74. The summed E-state index contributed by atoms with van der Waals surface area (Å²) in [5.41, 5.74) is 3.87. The molecule has 0 fully saturated rings. The number of aromatic nitrogens is 2. The molecule has 2 aromatic heterocycles. The van der Waals surface area contributed by atoms with Gasteiger partial charge in [0.25, 0.3) is 0 Å². The summed E-state index contributed by atoms with van der Waals surface area (Å²) >= 11 is 7.66. The lowest BCUT2D eigenvalue weighted by atomic mass is 10.2. The molecule has 3 rings (SSSR count). The first-order chi connectivity index (χ1) is 10.1. The van der Waals surface area contributed by atoms with Crippen LogP contribution >= 0.6 is 22.9 Å². The van der Waals surface area contributed by atoms with Crippen molar-refractivity contribution >= 4 is 34.0 Å². The van der Waals surface area contributed by atoms with Gasteiger partial charge in [-0.15, -0.1) is 11.6 Å². The summed E-state index contributed by atoms with van der Waals surface area (Å²) in [5.74, 6) is 0.807. The van der Waals surface area contributed by atoms with Crippen LogP contribution in [0.5, 0.6) is 5.75 Å². The van der Waals surface area contributed by atoms with Gasteiger partial charge >= 0.3 is 0 Å². The van der Waals surface area contributed by atoms with Crippen LogP contribution in [0.3, 0.4) is 0 Å². The second kappa shape index (κ2) is 5.66. The van der Waals surface area contributed by atoms with Gasteiger partial charge in [0, 0.05) is 12.1 Å². The first-order valence-electron chi connectivity index (χ1n) is 6.44. The van der Waals surface area contributed by atoms with Crippen LogP contribution in [0.25, 0.3) is 11.0 Å². The van der Waals surface area contributed by atoms with Crippen LogP contribution in [0, 0.1) is 12.7 Å². The molecule has 1 aromatic carbocycles. The highest BCUT2D eigenvalue weighted by Crippen LogP contribution is 2.27. The van der Waals surface area contributed by atoms with Crippen molar-refractivity contribution in [2.75, 3.05) is 7.11 Å². The van der Waals surface area contributed by atoms with E-state index in [2.05, 4.69) is 22.7 Å². The number of alkyl halides is 1. The van der Waals surface area contributed by atoms with Crippen LogP contribution in [0.1, 0.15) is 17.0 Å². The number of nitrogens with zero attached hydrogens (tertiary/aromatic N) is 2. The number of rotatable bonds is 4. The minimum absolute atomic E-state index is 0.215. The Morgan fingerprint density at radius 2 is 2.19 bits per heavy atom. The minimum Gasteiger partial charge on any atom is -0.494 e. The fourth-order valence-electron chi connectivity index (χ4n) is 2.33. The van der Waals surface area contributed by atoms with Crippen molar-refractivity contribution in [3.63, 3.8) is 0 Å². The Bertz CT molecular complexity index is 796. The molecule has 0 aliphatic carbocycles. The molecule has 0 N–H and O–H groups in total. The Hall–Kier alpha value is -1.59. The van der Waals surface area contributed by atoms with Gasteiger partial charge in [0.1, 0.15) is 5.82 Å². The highest BCUT2D eigenvalue weighted by molar-refractivity contribution is 7.08. The normalized spacial score (nSPS) is 11.2. The number of thiophene rings is 1. The van der Waals surface area contributed by atoms with Crippen LogP contribution in [-0.2, 0) is 12.4 Å². The van der Waals surface area contributed by atoms with E-state index in [0.717, 1.165) is 11.3 Å². The fourth-order valence-corrected chi connectivity index (χ4v) is 3.38. The molecule has 0 aliphatic rings. The summed E-state index contributed by atoms with van der Waals surface area (Å²) < 4.78 is 20.9. The SMILES string of the molecule is COc1cc2c(cc1F)nc(CCl)n2Cc1cscc1C. The fraction of sp³-hybridized carbons (Fsp3) is 0.267. The second-order valence-electron chi connectivity index (χ2n) is 4.80. The van der Waals surface area contributed by atoms with Crippen molar-refractivity contribution in [2.24, 2.45) is 0 Å². The second-order valence-corrected chi connectivity index (χ2v) is 5.81. The molecule has 0 spiro atoms. The van der Waals surface area contributed by atoms with Crippen molar-refractivity contribution in [2.45, 2.75) is 19.3 Å². The van der Waals surface area contributed by atoms with Gasteiger partial charge in [-0.1, -0.05) is 0 Å². The number of hydrogen-bond donors (Lipinski definition) is 0. The summed E-state index contributed by atoms with van der Waals surface area (Å²) in [7, 11) is 1.45. The number of halogens is 2. The highest BCUT2D eigenvalue weighted by atomic mass is 35.5. The average molecular weight is 325 g/mol. The molecule has 21 heavy (non-hydrogen) atoms. The summed E-state index contributed by atoms with van der Waals surface area (Å²) in [6.07, 6.45) is 0. The quantitative estimate of drug-likeness (QED) is 0.667. The molecule has 110 valence electrons. The van der Waals surface area contributed by atoms with E-state index < -0.39 is 5.82 Å². The summed E-state index contributed by atoms with van der Waals surface area (Å²) in [4.78, 5) is 4.42. The largest absolute Gasteiger partial charge is 0.494 e. The molecule has 0 saturated heterocycles. The maximum Gasteiger partial charge on any atom is 0.167 e. The van der Waals surface area contributed by atoms with Gasteiger partial charge in [-0.2, -0.15) is 11.3 Å². The van der Waals surface area contributed by atoms with Crippen LogP contribution < -0.4 is 4.74 Å². The zero-order chi connectivity index (χ0) is 15.0. The van der Waals surface area contributed by atoms with E-state index in [1.54, 1.807) is 17.4 Å². The smallest absolute Gasteiger partial charge is 0.167 e. The van der Waals surface area contributed by atoms with Crippen molar-refractivity contribution < 1.29 is 9.13 Å². The number of ether oxygens (including phenoxy) is 1. The number of fused-ring (bicyclic) bond motifs is 1. The molecule has 0 amide bonds. The van der Waals surface area contributed by atoms with Gasteiger partial charge in [0.05, 0.1) is 30.6 Å². The lowest BCUT2D eigenvalue weighted by Crippen LogP contribution is -2.04. The first-order valence-corrected chi connectivity index (χ1v) is 7.92. The maximum absolute atomic E-state index is 13.8.